The van der Waals surface area contributed by atoms with Gasteiger partial charge in [-0.3, -0.25) is 4.79 Å². The fourth-order valence-electron chi connectivity index (χ4n) is 4.65. The van der Waals surface area contributed by atoms with Crippen LogP contribution in [-0.4, -0.2) is 36.9 Å². The molecule has 10 heteroatoms. The van der Waals surface area contributed by atoms with E-state index in [-0.39, 0.29) is 11.5 Å². The lowest BCUT2D eigenvalue weighted by molar-refractivity contribution is -0.139. The van der Waals surface area contributed by atoms with Crippen LogP contribution in [0.2, 0.25) is 0 Å². The fraction of sp³-hybridized carbons (Fsp3) is 0.345. The number of benzene rings is 3. The van der Waals surface area contributed by atoms with Gasteiger partial charge in [0.1, 0.15) is 12.4 Å². The van der Waals surface area contributed by atoms with Crippen molar-refractivity contribution in [3.8, 4) is 16.9 Å². The Morgan fingerprint density at radius 2 is 1.62 bits per heavy atom. The molecular formula is C29H30F3NO5S. The van der Waals surface area contributed by atoms with Crippen molar-refractivity contribution in [1.29, 1.82) is 0 Å². The minimum absolute atomic E-state index is 0.0888. The van der Waals surface area contributed by atoms with E-state index >= 15 is 0 Å². The van der Waals surface area contributed by atoms with Crippen molar-refractivity contribution in [3.05, 3.63) is 83.4 Å². The third-order valence-electron chi connectivity index (χ3n) is 6.78. The number of carboxylic acid groups (broad SMARTS) is 1. The van der Waals surface area contributed by atoms with Crippen molar-refractivity contribution < 1.29 is 36.2 Å². The van der Waals surface area contributed by atoms with Gasteiger partial charge in [-0.25, -0.2) is 8.42 Å². The molecule has 1 fully saturated rings. The van der Waals surface area contributed by atoms with Crippen LogP contribution in [0.4, 0.5) is 13.2 Å². The van der Waals surface area contributed by atoms with Crippen molar-refractivity contribution in [1.82, 2.24) is 4.31 Å². The predicted octanol–water partition coefficient (Wildman–Crippen LogP) is 6.70. The highest BCUT2D eigenvalue weighted by Crippen LogP contribution is 2.35. The van der Waals surface area contributed by atoms with E-state index in [1.807, 2.05) is 6.92 Å². The first-order valence-corrected chi connectivity index (χ1v) is 14.2. The maximum absolute atomic E-state index is 13.0. The average molecular weight is 562 g/mol. The van der Waals surface area contributed by atoms with Gasteiger partial charge in [-0.15, -0.1) is 0 Å². The Labute approximate surface area is 226 Å². The molecule has 1 aliphatic heterocycles. The number of halogens is 3. The normalized spacial score (nSPS) is 15.3. The minimum Gasteiger partial charge on any atom is -0.489 e. The van der Waals surface area contributed by atoms with Crippen molar-refractivity contribution in [2.24, 2.45) is 0 Å². The first-order chi connectivity index (χ1) is 18.5. The van der Waals surface area contributed by atoms with E-state index in [0.29, 0.717) is 53.9 Å². The third kappa shape index (κ3) is 6.80. The summed E-state index contributed by atoms with van der Waals surface area (Å²) in [7, 11) is -3.53. The Bertz CT molecular complexity index is 1400. The molecule has 1 N–H and O–H groups in total. The van der Waals surface area contributed by atoms with Crippen LogP contribution < -0.4 is 4.74 Å². The number of sulfonamides is 1. The number of rotatable bonds is 10. The second-order valence-electron chi connectivity index (χ2n) is 9.59. The third-order valence-corrected chi connectivity index (χ3v) is 8.70. The van der Waals surface area contributed by atoms with E-state index in [9.17, 15) is 31.5 Å². The van der Waals surface area contributed by atoms with Gasteiger partial charge in [-0.2, -0.15) is 17.5 Å². The van der Waals surface area contributed by atoms with E-state index in [0.717, 1.165) is 25.0 Å². The maximum Gasteiger partial charge on any atom is 0.416 e. The van der Waals surface area contributed by atoms with E-state index in [1.165, 1.54) is 28.6 Å². The van der Waals surface area contributed by atoms with Crippen LogP contribution in [-0.2, 0) is 27.6 Å². The Kier molecular flexibility index (Phi) is 8.66. The van der Waals surface area contributed by atoms with Gasteiger partial charge in [-0.1, -0.05) is 43.7 Å². The van der Waals surface area contributed by atoms with E-state index in [1.54, 1.807) is 30.3 Å². The second kappa shape index (κ2) is 11.8. The van der Waals surface area contributed by atoms with Crippen LogP contribution in [0.15, 0.2) is 71.6 Å². The maximum atomic E-state index is 13.0. The summed E-state index contributed by atoms with van der Waals surface area (Å²) in [6, 6.07) is 16.0. The molecule has 0 spiro atoms. The molecule has 208 valence electrons. The van der Waals surface area contributed by atoms with Crippen LogP contribution >= 0.6 is 0 Å². The molecule has 0 bridgehead atoms. The lowest BCUT2D eigenvalue weighted by Gasteiger charge is -2.17. The zero-order valence-electron chi connectivity index (χ0n) is 21.4. The van der Waals surface area contributed by atoms with Gasteiger partial charge in [0, 0.05) is 13.1 Å². The average Bonchev–Trinajstić information content (AvgIpc) is 3.46. The summed E-state index contributed by atoms with van der Waals surface area (Å²) in [5.41, 5.74) is 1.45. The Morgan fingerprint density at radius 3 is 2.18 bits per heavy atom. The summed E-state index contributed by atoms with van der Waals surface area (Å²) in [5.74, 6) is -1.44. The monoisotopic (exact) mass is 561 g/mol. The standard InChI is InChI=1S/C29H30F3NO5S/c1-2-5-27(28(34)35)23-16-22(21-8-10-24(11-9-21)29(30,31)32)17-25(18-23)38-19-20-6-12-26(13-7-20)39(36,37)33-14-3-4-15-33/h6-13,16-18,27H,2-5,14-15,19H2,1H3,(H,34,35). The number of aliphatic carboxylic acids is 1. The molecule has 1 atom stereocenters. The summed E-state index contributed by atoms with van der Waals surface area (Å²) in [6.07, 6.45) is -1.75. The van der Waals surface area contributed by atoms with Crippen molar-refractivity contribution in [2.45, 2.75) is 56.2 Å². The zero-order valence-corrected chi connectivity index (χ0v) is 22.3. The van der Waals surface area contributed by atoms with E-state index in [4.69, 9.17) is 4.74 Å². The van der Waals surface area contributed by atoms with Crippen molar-refractivity contribution >= 4 is 16.0 Å². The summed E-state index contributed by atoms with van der Waals surface area (Å²) in [5, 5.41) is 9.80. The SMILES string of the molecule is CCCC(C(=O)O)c1cc(OCc2ccc(S(=O)(=O)N3CCCC3)cc2)cc(-c2ccc(C(F)(F)F)cc2)c1. The van der Waals surface area contributed by atoms with Gasteiger partial charge in [-0.05, 0) is 77.9 Å². The number of hydrogen-bond donors (Lipinski definition) is 1. The summed E-state index contributed by atoms with van der Waals surface area (Å²) in [6.45, 7) is 2.99. The summed E-state index contributed by atoms with van der Waals surface area (Å²) < 4.78 is 72.1. The number of hydrogen-bond acceptors (Lipinski definition) is 4. The summed E-state index contributed by atoms with van der Waals surface area (Å²) in [4.78, 5) is 12.2. The fourth-order valence-corrected chi connectivity index (χ4v) is 6.17. The Morgan fingerprint density at radius 1 is 0.974 bits per heavy atom. The molecule has 0 radical (unpaired) electrons. The molecule has 3 aromatic rings. The molecule has 0 aliphatic carbocycles. The first-order valence-electron chi connectivity index (χ1n) is 12.8. The molecule has 1 unspecified atom stereocenters. The molecule has 0 aromatic heterocycles. The highest BCUT2D eigenvalue weighted by atomic mass is 32.2. The molecule has 6 nitrogen and oxygen atoms in total. The van der Waals surface area contributed by atoms with Gasteiger partial charge < -0.3 is 9.84 Å². The minimum atomic E-state index is -4.46. The molecule has 1 aliphatic rings. The molecule has 0 saturated carbocycles. The zero-order chi connectivity index (χ0) is 28.2. The lowest BCUT2D eigenvalue weighted by atomic mass is 9.91. The molecule has 4 rings (SSSR count). The number of alkyl halides is 3. The Balaban J connectivity index is 1.59. The molecule has 39 heavy (non-hydrogen) atoms. The van der Waals surface area contributed by atoms with Gasteiger partial charge in [0.2, 0.25) is 10.0 Å². The van der Waals surface area contributed by atoms with Crippen molar-refractivity contribution in [3.63, 3.8) is 0 Å². The topological polar surface area (TPSA) is 83.9 Å². The predicted molar refractivity (Wildman–Crippen MR) is 141 cm³/mol. The van der Waals surface area contributed by atoms with Gasteiger partial charge in [0.25, 0.3) is 0 Å². The van der Waals surface area contributed by atoms with Crippen LogP contribution in [0.5, 0.6) is 5.75 Å². The molecule has 1 saturated heterocycles. The highest BCUT2D eigenvalue weighted by Gasteiger charge is 2.30. The largest absolute Gasteiger partial charge is 0.489 e. The van der Waals surface area contributed by atoms with Crippen molar-refractivity contribution in [2.75, 3.05) is 13.1 Å². The van der Waals surface area contributed by atoms with E-state index in [2.05, 4.69) is 0 Å². The van der Waals surface area contributed by atoms with Crippen LogP contribution in [0, 0.1) is 0 Å². The number of ether oxygens (including phenoxy) is 1. The van der Waals surface area contributed by atoms with Crippen LogP contribution in [0.3, 0.4) is 0 Å². The van der Waals surface area contributed by atoms with Gasteiger partial charge in [0.15, 0.2) is 0 Å². The Hall–Kier alpha value is -3.37. The second-order valence-corrected chi connectivity index (χ2v) is 11.5. The molecular weight excluding hydrogens is 531 g/mol. The number of carboxylic acids is 1. The number of carbonyl (C=O) groups is 1. The van der Waals surface area contributed by atoms with Gasteiger partial charge in [0.05, 0.1) is 16.4 Å². The quantitative estimate of drug-likeness (QED) is 0.298. The smallest absolute Gasteiger partial charge is 0.416 e. The first kappa shape index (κ1) is 28.6. The van der Waals surface area contributed by atoms with E-state index < -0.39 is 33.7 Å². The molecule has 0 amide bonds. The lowest BCUT2D eigenvalue weighted by Crippen LogP contribution is -2.27. The molecule has 1 heterocycles. The summed E-state index contributed by atoms with van der Waals surface area (Å²) >= 11 is 0. The van der Waals surface area contributed by atoms with Crippen LogP contribution in [0.25, 0.3) is 11.1 Å². The number of nitrogens with zero attached hydrogens (tertiary/aromatic N) is 1. The van der Waals surface area contributed by atoms with Gasteiger partial charge >= 0.3 is 12.1 Å². The highest BCUT2D eigenvalue weighted by molar-refractivity contribution is 7.89. The molecule has 3 aromatic carbocycles. The van der Waals surface area contributed by atoms with Crippen LogP contribution in [0.1, 0.15) is 55.2 Å².